The molecule has 0 aromatic heterocycles. The summed E-state index contributed by atoms with van der Waals surface area (Å²) in [6.07, 6.45) is 4.53. The lowest BCUT2D eigenvalue weighted by Crippen LogP contribution is -2.20. The van der Waals surface area contributed by atoms with Gasteiger partial charge in [-0.3, -0.25) is 0 Å². The van der Waals surface area contributed by atoms with Crippen molar-refractivity contribution in [1.29, 1.82) is 0 Å². The minimum absolute atomic E-state index is 0.359. The monoisotopic (exact) mass is 249 g/mol. The maximum absolute atomic E-state index is 3.64. The number of aryl methyl sites for hydroxylation is 1. The van der Waals surface area contributed by atoms with E-state index in [1.807, 2.05) is 0 Å². The molecule has 0 heterocycles. The summed E-state index contributed by atoms with van der Waals surface area (Å²) in [6, 6.07) is 19.6. The molecule has 2 aromatic carbocycles. The molecule has 0 unspecified atom stereocenters. The van der Waals surface area contributed by atoms with Gasteiger partial charge >= 0.3 is 0 Å². The molecule has 0 saturated heterocycles. The van der Waals surface area contributed by atoms with E-state index in [1.54, 1.807) is 0 Å². The molecule has 0 amide bonds. The van der Waals surface area contributed by atoms with Gasteiger partial charge in [0.25, 0.3) is 0 Å². The Morgan fingerprint density at radius 2 is 1.63 bits per heavy atom. The van der Waals surface area contributed by atoms with Crippen LogP contribution in [0.3, 0.4) is 0 Å². The van der Waals surface area contributed by atoms with Gasteiger partial charge in [-0.15, -0.1) is 0 Å². The van der Waals surface area contributed by atoms with Crippen LogP contribution in [0.5, 0.6) is 0 Å². The fraction of sp³-hybridized carbons (Fsp3) is 0.222. The molecule has 1 N–H and O–H groups in total. The normalized spacial score (nSPS) is 15.3. The molecule has 96 valence electrons. The van der Waals surface area contributed by atoms with Crippen LogP contribution in [0.25, 0.3) is 6.08 Å². The van der Waals surface area contributed by atoms with Gasteiger partial charge < -0.3 is 5.32 Å². The third-order valence-electron chi connectivity index (χ3n) is 3.75. The predicted molar refractivity (Wildman–Crippen MR) is 80.7 cm³/mol. The molecule has 1 aliphatic rings. The van der Waals surface area contributed by atoms with Crippen molar-refractivity contribution in [3.63, 3.8) is 0 Å². The van der Waals surface area contributed by atoms with E-state index in [2.05, 4.69) is 72.9 Å². The first kappa shape index (κ1) is 12.0. The summed E-state index contributed by atoms with van der Waals surface area (Å²) in [6.45, 7) is 2.22. The maximum atomic E-state index is 3.64. The van der Waals surface area contributed by atoms with E-state index in [0.29, 0.717) is 6.04 Å². The Hall–Kier alpha value is -2.02. The van der Waals surface area contributed by atoms with Crippen molar-refractivity contribution in [2.45, 2.75) is 25.8 Å². The van der Waals surface area contributed by atoms with E-state index in [4.69, 9.17) is 0 Å². The second-order valence-electron chi connectivity index (χ2n) is 5.15. The van der Waals surface area contributed by atoms with Gasteiger partial charge in [-0.25, -0.2) is 0 Å². The lowest BCUT2D eigenvalue weighted by Gasteiger charge is -2.22. The van der Waals surface area contributed by atoms with Crippen LogP contribution < -0.4 is 5.32 Å². The predicted octanol–water partition coefficient (Wildman–Crippen LogP) is 4.32. The molecule has 2 aromatic rings. The van der Waals surface area contributed by atoms with E-state index in [1.165, 1.54) is 22.4 Å². The molecule has 0 bridgehead atoms. The topological polar surface area (TPSA) is 12.0 Å². The lowest BCUT2D eigenvalue weighted by molar-refractivity contribution is 0.627. The number of rotatable bonds is 3. The zero-order valence-corrected chi connectivity index (χ0v) is 11.3. The molecular formula is C18H19N. The van der Waals surface area contributed by atoms with Crippen molar-refractivity contribution in [2.24, 2.45) is 0 Å². The first-order chi connectivity index (χ1) is 9.33. The highest BCUT2D eigenvalue weighted by Crippen LogP contribution is 2.24. The summed E-state index contributed by atoms with van der Waals surface area (Å²) in [5.41, 5.74) is 5.49. The second kappa shape index (κ2) is 5.31. The van der Waals surface area contributed by atoms with Crippen molar-refractivity contribution >= 4 is 6.08 Å². The number of allylic oxidation sites excluding steroid dienone is 1. The van der Waals surface area contributed by atoms with Gasteiger partial charge in [-0.1, -0.05) is 54.6 Å². The summed E-state index contributed by atoms with van der Waals surface area (Å²) < 4.78 is 0. The molecular weight excluding hydrogens is 230 g/mol. The highest BCUT2D eigenvalue weighted by molar-refractivity contribution is 5.59. The molecule has 1 nitrogen and oxygen atoms in total. The first-order valence-corrected chi connectivity index (χ1v) is 6.93. The van der Waals surface area contributed by atoms with Crippen LogP contribution in [-0.2, 0) is 6.42 Å². The number of fused-ring (bicyclic) bond motifs is 1. The van der Waals surface area contributed by atoms with Crippen LogP contribution in [0.1, 0.15) is 36.1 Å². The maximum Gasteiger partial charge on any atom is 0.0482 e. The third-order valence-corrected chi connectivity index (χ3v) is 3.75. The number of hydrogen-bond acceptors (Lipinski definition) is 1. The Bertz CT molecular complexity index is 584. The molecule has 1 aliphatic carbocycles. The van der Waals surface area contributed by atoms with Crippen molar-refractivity contribution < 1.29 is 0 Å². The zero-order valence-electron chi connectivity index (χ0n) is 11.3. The highest BCUT2D eigenvalue weighted by Gasteiger charge is 2.12. The minimum Gasteiger partial charge on any atom is -0.382 e. The van der Waals surface area contributed by atoms with Crippen LogP contribution >= 0.6 is 0 Å². The van der Waals surface area contributed by atoms with Gasteiger partial charge in [0.05, 0.1) is 0 Å². The van der Waals surface area contributed by atoms with Gasteiger partial charge in [0, 0.05) is 11.7 Å². The summed E-state index contributed by atoms with van der Waals surface area (Å²) >= 11 is 0. The van der Waals surface area contributed by atoms with Gasteiger partial charge in [0.1, 0.15) is 0 Å². The molecule has 0 aliphatic heterocycles. The summed E-state index contributed by atoms with van der Waals surface area (Å²) in [5, 5.41) is 3.64. The third kappa shape index (κ3) is 2.70. The number of hydrogen-bond donors (Lipinski definition) is 1. The Morgan fingerprint density at radius 3 is 2.47 bits per heavy atom. The quantitative estimate of drug-likeness (QED) is 0.854. The van der Waals surface area contributed by atoms with Crippen LogP contribution in [-0.4, -0.2) is 0 Å². The average molecular weight is 249 g/mol. The Balaban J connectivity index is 1.77. The first-order valence-electron chi connectivity index (χ1n) is 6.93. The molecule has 0 saturated carbocycles. The molecule has 0 spiro atoms. The number of nitrogens with one attached hydrogen (secondary N) is 1. The highest BCUT2D eigenvalue weighted by atomic mass is 14.9. The largest absolute Gasteiger partial charge is 0.382 e. The molecule has 0 radical (unpaired) electrons. The van der Waals surface area contributed by atoms with Crippen molar-refractivity contribution in [1.82, 2.24) is 5.32 Å². The molecule has 3 rings (SSSR count). The van der Waals surface area contributed by atoms with Crippen LogP contribution in [0.15, 0.2) is 60.3 Å². The fourth-order valence-corrected chi connectivity index (χ4v) is 2.65. The van der Waals surface area contributed by atoms with Crippen molar-refractivity contribution in [3.05, 3.63) is 77.0 Å². The van der Waals surface area contributed by atoms with Crippen molar-refractivity contribution in [3.8, 4) is 0 Å². The van der Waals surface area contributed by atoms with Crippen LogP contribution in [0, 0.1) is 0 Å². The van der Waals surface area contributed by atoms with E-state index < -0.39 is 0 Å². The van der Waals surface area contributed by atoms with Crippen LogP contribution in [0.2, 0.25) is 0 Å². The van der Waals surface area contributed by atoms with Gasteiger partial charge in [-0.05, 0) is 42.5 Å². The average Bonchev–Trinajstić information content (AvgIpc) is 2.48. The smallest absolute Gasteiger partial charge is 0.0482 e. The molecule has 1 heteroatoms. The van der Waals surface area contributed by atoms with E-state index in [9.17, 15) is 0 Å². The SMILES string of the molecule is C[C@H](NC1=Cc2ccccc2CC1)c1ccccc1. The number of benzene rings is 2. The van der Waals surface area contributed by atoms with Crippen molar-refractivity contribution in [2.75, 3.05) is 0 Å². The Morgan fingerprint density at radius 1 is 0.895 bits per heavy atom. The summed E-state index contributed by atoms with van der Waals surface area (Å²) in [4.78, 5) is 0. The molecule has 0 fully saturated rings. The fourth-order valence-electron chi connectivity index (χ4n) is 2.65. The van der Waals surface area contributed by atoms with E-state index in [0.717, 1.165) is 12.8 Å². The van der Waals surface area contributed by atoms with Crippen LogP contribution in [0.4, 0.5) is 0 Å². The Labute approximate surface area is 115 Å². The van der Waals surface area contributed by atoms with Gasteiger partial charge in [0.2, 0.25) is 0 Å². The van der Waals surface area contributed by atoms with Gasteiger partial charge in [-0.2, -0.15) is 0 Å². The minimum atomic E-state index is 0.359. The summed E-state index contributed by atoms with van der Waals surface area (Å²) in [5.74, 6) is 0. The van der Waals surface area contributed by atoms with E-state index >= 15 is 0 Å². The zero-order chi connectivity index (χ0) is 13.1. The standard InChI is InChI=1S/C18H19N/c1-14(15-7-3-2-4-8-15)19-18-12-11-16-9-5-6-10-17(16)13-18/h2-10,13-14,19H,11-12H2,1H3/t14-/m0/s1. The Kier molecular flexibility index (Phi) is 3.37. The van der Waals surface area contributed by atoms with E-state index in [-0.39, 0.29) is 0 Å². The summed E-state index contributed by atoms with van der Waals surface area (Å²) in [7, 11) is 0. The second-order valence-corrected chi connectivity index (χ2v) is 5.15. The molecule has 1 atom stereocenters. The molecule has 19 heavy (non-hydrogen) atoms. The lowest BCUT2D eigenvalue weighted by atomic mass is 9.95. The van der Waals surface area contributed by atoms with Gasteiger partial charge in [0.15, 0.2) is 0 Å².